The number of hydrogen-bond donors (Lipinski definition) is 0. The summed E-state index contributed by atoms with van der Waals surface area (Å²) >= 11 is 0. The molecule has 0 amide bonds. The van der Waals surface area contributed by atoms with Crippen LogP contribution in [0.3, 0.4) is 0 Å². The highest BCUT2D eigenvalue weighted by atomic mass is 16.5. The van der Waals surface area contributed by atoms with Crippen LogP contribution in [0.4, 0.5) is 0 Å². The number of carbonyl (C=O) groups is 2. The van der Waals surface area contributed by atoms with Gasteiger partial charge in [-0.1, -0.05) is 20.3 Å². The van der Waals surface area contributed by atoms with Crippen molar-refractivity contribution in [1.29, 1.82) is 0 Å². The van der Waals surface area contributed by atoms with E-state index in [0.717, 1.165) is 12.8 Å². The molecule has 0 aromatic carbocycles. The molecule has 1 fully saturated rings. The maximum atomic E-state index is 11.8. The number of ether oxygens (including phenoxy) is 1. The molecule has 3 heteroatoms. The van der Waals surface area contributed by atoms with Gasteiger partial charge in [-0.25, -0.2) is 0 Å². The van der Waals surface area contributed by atoms with Gasteiger partial charge in [0, 0.05) is 6.42 Å². The summed E-state index contributed by atoms with van der Waals surface area (Å²) in [6.45, 7) is 3.77. The van der Waals surface area contributed by atoms with Gasteiger partial charge in [-0.05, 0) is 18.8 Å². The van der Waals surface area contributed by atoms with E-state index < -0.39 is 5.41 Å². The molecule has 14 heavy (non-hydrogen) atoms. The fourth-order valence-corrected chi connectivity index (χ4v) is 2.51. The van der Waals surface area contributed by atoms with Crippen molar-refractivity contribution in [2.45, 2.75) is 39.5 Å². The average molecular weight is 198 g/mol. The normalized spacial score (nSPS) is 31.5. The van der Waals surface area contributed by atoms with Gasteiger partial charge in [-0.2, -0.15) is 0 Å². The maximum absolute atomic E-state index is 11.8. The van der Waals surface area contributed by atoms with Gasteiger partial charge in [0.1, 0.15) is 11.2 Å². The van der Waals surface area contributed by atoms with Crippen LogP contribution in [0.25, 0.3) is 0 Å². The SMILES string of the molecule is CCC(=O)C1(C(=O)OC)CCCC1C. The molecule has 0 aliphatic heterocycles. The van der Waals surface area contributed by atoms with Crippen molar-refractivity contribution in [3.05, 3.63) is 0 Å². The minimum atomic E-state index is -0.830. The lowest BCUT2D eigenvalue weighted by Gasteiger charge is -2.28. The van der Waals surface area contributed by atoms with Crippen LogP contribution in [0.5, 0.6) is 0 Å². The van der Waals surface area contributed by atoms with Crippen LogP contribution in [0, 0.1) is 11.3 Å². The predicted octanol–water partition coefficient (Wildman–Crippen LogP) is 1.94. The second-order valence-electron chi connectivity index (χ2n) is 4.03. The lowest BCUT2D eigenvalue weighted by molar-refractivity contribution is -0.160. The molecule has 80 valence electrons. The van der Waals surface area contributed by atoms with Crippen LogP contribution in [0.15, 0.2) is 0 Å². The van der Waals surface area contributed by atoms with E-state index in [4.69, 9.17) is 4.74 Å². The molecule has 0 aromatic heterocycles. The van der Waals surface area contributed by atoms with E-state index >= 15 is 0 Å². The maximum Gasteiger partial charge on any atom is 0.319 e. The highest BCUT2D eigenvalue weighted by Gasteiger charge is 2.52. The molecule has 0 heterocycles. The summed E-state index contributed by atoms with van der Waals surface area (Å²) in [7, 11) is 1.36. The van der Waals surface area contributed by atoms with E-state index in [-0.39, 0.29) is 17.7 Å². The lowest BCUT2D eigenvalue weighted by atomic mass is 9.74. The summed E-state index contributed by atoms with van der Waals surface area (Å²) in [4.78, 5) is 23.5. The minimum absolute atomic E-state index is 0.0364. The largest absolute Gasteiger partial charge is 0.468 e. The first-order chi connectivity index (χ1) is 6.59. The number of Topliss-reactive ketones (excluding diaryl/α,β-unsaturated/α-hetero) is 1. The molecule has 1 aliphatic carbocycles. The summed E-state index contributed by atoms with van der Waals surface area (Å²) in [5, 5.41) is 0. The predicted molar refractivity (Wildman–Crippen MR) is 52.8 cm³/mol. The summed E-state index contributed by atoms with van der Waals surface area (Å²) in [5.41, 5.74) is -0.830. The number of hydrogen-bond acceptors (Lipinski definition) is 3. The molecule has 1 saturated carbocycles. The van der Waals surface area contributed by atoms with Crippen LogP contribution in [-0.2, 0) is 14.3 Å². The summed E-state index contributed by atoms with van der Waals surface area (Å²) in [5.74, 6) is -0.175. The number of ketones is 1. The van der Waals surface area contributed by atoms with E-state index in [9.17, 15) is 9.59 Å². The van der Waals surface area contributed by atoms with Gasteiger partial charge in [0.05, 0.1) is 7.11 Å². The first kappa shape index (κ1) is 11.2. The quantitative estimate of drug-likeness (QED) is 0.514. The van der Waals surface area contributed by atoms with E-state index in [1.165, 1.54) is 7.11 Å². The Balaban J connectivity index is 3.01. The number of carbonyl (C=O) groups excluding carboxylic acids is 2. The van der Waals surface area contributed by atoms with Gasteiger partial charge in [0.2, 0.25) is 0 Å². The fraction of sp³-hybridized carbons (Fsp3) is 0.818. The third-order valence-electron chi connectivity index (χ3n) is 3.42. The van der Waals surface area contributed by atoms with Crippen molar-refractivity contribution < 1.29 is 14.3 Å². The van der Waals surface area contributed by atoms with Gasteiger partial charge in [0.25, 0.3) is 0 Å². The second-order valence-corrected chi connectivity index (χ2v) is 4.03. The van der Waals surface area contributed by atoms with Crippen molar-refractivity contribution in [1.82, 2.24) is 0 Å². The average Bonchev–Trinajstić information content (AvgIpc) is 2.59. The summed E-state index contributed by atoms with van der Waals surface area (Å²) in [6, 6.07) is 0. The smallest absolute Gasteiger partial charge is 0.319 e. The highest BCUT2D eigenvalue weighted by Crippen LogP contribution is 2.45. The summed E-state index contributed by atoms with van der Waals surface area (Å²) in [6.07, 6.45) is 2.97. The molecule has 2 unspecified atom stereocenters. The van der Waals surface area contributed by atoms with E-state index in [1.54, 1.807) is 6.92 Å². The van der Waals surface area contributed by atoms with Gasteiger partial charge in [-0.15, -0.1) is 0 Å². The van der Waals surface area contributed by atoms with Crippen LogP contribution in [0.1, 0.15) is 39.5 Å². The third-order valence-corrected chi connectivity index (χ3v) is 3.42. The van der Waals surface area contributed by atoms with Crippen molar-refractivity contribution >= 4 is 11.8 Å². The summed E-state index contributed by atoms with van der Waals surface area (Å²) < 4.78 is 4.77. The van der Waals surface area contributed by atoms with Crippen molar-refractivity contribution in [2.75, 3.05) is 7.11 Å². The Morgan fingerprint density at radius 3 is 2.50 bits per heavy atom. The van der Waals surface area contributed by atoms with E-state index in [0.29, 0.717) is 12.8 Å². The Morgan fingerprint density at radius 1 is 1.50 bits per heavy atom. The van der Waals surface area contributed by atoms with Gasteiger partial charge in [-0.3, -0.25) is 9.59 Å². The zero-order chi connectivity index (χ0) is 10.8. The van der Waals surface area contributed by atoms with E-state index in [2.05, 4.69) is 0 Å². The molecule has 3 nitrogen and oxygen atoms in total. The standard InChI is InChI=1S/C11H18O3/c1-4-9(12)11(10(13)14-3)7-5-6-8(11)2/h8H,4-7H2,1-3H3. The lowest BCUT2D eigenvalue weighted by Crippen LogP contribution is -2.42. The van der Waals surface area contributed by atoms with Crippen molar-refractivity contribution in [3.8, 4) is 0 Å². The van der Waals surface area contributed by atoms with E-state index in [1.807, 2.05) is 6.92 Å². The molecule has 1 rings (SSSR count). The molecule has 0 spiro atoms. The number of esters is 1. The number of rotatable bonds is 3. The van der Waals surface area contributed by atoms with Gasteiger partial charge < -0.3 is 4.74 Å². The minimum Gasteiger partial charge on any atom is -0.468 e. The second kappa shape index (κ2) is 4.11. The number of methoxy groups -OCH3 is 1. The van der Waals surface area contributed by atoms with Crippen LogP contribution >= 0.6 is 0 Å². The molecule has 0 saturated heterocycles. The van der Waals surface area contributed by atoms with Gasteiger partial charge >= 0.3 is 5.97 Å². The highest BCUT2D eigenvalue weighted by molar-refractivity contribution is 6.04. The third kappa shape index (κ3) is 1.45. The Hall–Kier alpha value is -0.860. The zero-order valence-corrected chi connectivity index (χ0v) is 9.13. The molecular formula is C11H18O3. The monoisotopic (exact) mass is 198 g/mol. The Kier molecular flexibility index (Phi) is 3.29. The van der Waals surface area contributed by atoms with Gasteiger partial charge in [0.15, 0.2) is 0 Å². The molecular weight excluding hydrogens is 180 g/mol. The Morgan fingerprint density at radius 2 is 2.14 bits per heavy atom. The molecule has 0 bridgehead atoms. The molecule has 0 radical (unpaired) electrons. The Labute approximate surface area is 84.8 Å². The molecule has 1 aliphatic rings. The van der Waals surface area contributed by atoms with Crippen LogP contribution in [0.2, 0.25) is 0 Å². The fourth-order valence-electron chi connectivity index (χ4n) is 2.51. The topological polar surface area (TPSA) is 43.4 Å². The molecule has 2 atom stereocenters. The first-order valence-corrected chi connectivity index (χ1v) is 5.21. The molecule has 0 aromatic rings. The Bertz CT molecular complexity index is 229. The van der Waals surface area contributed by atoms with Crippen molar-refractivity contribution in [2.24, 2.45) is 11.3 Å². The molecule has 0 N–H and O–H groups in total. The van der Waals surface area contributed by atoms with Crippen LogP contribution < -0.4 is 0 Å². The first-order valence-electron chi connectivity index (χ1n) is 5.21. The van der Waals surface area contributed by atoms with Crippen LogP contribution in [-0.4, -0.2) is 18.9 Å². The zero-order valence-electron chi connectivity index (χ0n) is 9.13. The van der Waals surface area contributed by atoms with Crippen molar-refractivity contribution in [3.63, 3.8) is 0 Å².